The number of terminal acetylenes is 1. The van der Waals surface area contributed by atoms with Crippen molar-refractivity contribution in [2.75, 3.05) is 13.1 Å². The lowest BCUT2D eigenvalue weighted by Crippen LogP contribution is -2.59. The molecule has 5 N–H and O–H groups in total. The summed E-state index contributed by atoms with van der Waals surface area (Å²) >= 11 is 0. The molecule has 0 aromatic rings. The number of hydrogen-bond donors (Lipinski definition) is 4. The largest absolute Gasteiger partial charge is 0.370 e. The van der Waals surface area contributed by atoms with Crippen molar-refractivity contribution in [1.82, 2.24) is 20.9 Å². The number of primary amides is 1. The van der Waals surface area contributed by atoms with Gasteiger partial charge in [-0.25, -0.2) is 4.79 Å². The van der Waals surface area contributed by atoms with Crippen LogP contribution in [-0.2, 0) is 23.9 Å². The highest BCUT2D eigenvalue weighted by Crippen LogP contribution is 2.43. The normalized spacial score (nSPS) is 25.5. The Labute approximate surface area is 230 Å². The second kappa shape index (κ2) is 13.1. The fraction of sp³-hybridized carbons (Fsp3) is 0.679. The van der Waals surface area contributed by atoms with Gasteiger partial charge in [0.15, 0.2) is 0 Å². The molecule has 0 aromatic heterocycles. The number of rotatable bonds is 11. The molecule has 0 bridgehead atoms. The Morgan fingerprint density at radius 2 is 1.87 bits per heavy atom. The summed E-state index contributed by atoms with van der Waals surface area (Å²) in [7, 11) is 0. The van der Waals surface area contributed by atoms with Gasteiger partial charge in [-0.15, -0.1) is 18.9 Å². The van der Waals surface area contributed by atoms with E-state index in [1.807, 2.05) is 13.8 Å². The maximum absolute atomic E-state index is 14.0. The number of nitrogens with zero attached hydrogens (tertiary/aromatic N) is 1. The van der Waals surface area contributed by atoms with E-state index in [1.54, 1.807) is 0 Å². The van der Waals surface area contributed by atoms with Crippen LogP contribution in [-0.4, -0.2) is 77.4 Å². The van der Waals surface area contributed by atoms with E-state index in [0.29, 0.717) is 6.42 Å². The van der Waals surface area contributed by atoms with E-state index in [0.717, 1.165) is 32.1 Å². The highest BCUT2D eigenvalue weighted by molar-refractivity contribution is 6.38. The maximum atomic E-state index is 14.0. The molecule has 1 aliphatic carbocycles. The lowest BCUT2D eigenvalue weighted by atomic mass is 9.83. The third kappa shape index (κ3) is 7.38. The lowest BCUT2D eigenvalue weighted by Gasteiger charge is -2.36. The standard InChI is InChI=1S/C28H41N5O6/c1-5-7-13-19(23(34)25(36)30-14-6-2)31-24(35)22-18-15-28(3,4)39-20(18)16-33(22)26(37)21(32-27(29)38)17-11-9-8-10-12-17/h1,6,17-22H,2,7-16H2,3-4H3,(H,30,36)(H,31,35)(H3,29,32,38)/t18-,19?,20-,21-,22-/m0/s1. The van der Waals surface area contributed by atoms with Crippen molar-refractivity contribution >= 4 is 29.5 Å². The molecule has 214 valence electrons. The zero-order valence-electron chi connectivity index (χ0n) is 22.9. The number of ether oxygens (including phenoxy) is 1. The van der Waals surface area contributed by atoms with Crippen molar-refractivity contribution in [2.45, 2.75) is 95.0 Å². The number of urea groups is 1. The summed E-state index contributed by atoms with van der Waals surface area (Å²) in [6, 6.07) is -3.79. The van der Waals surface area contributed by atoms with E-state index in [1.165, 1.54) is 11.0 Å². The average Bonchev–Trinajstić information content (AvgIpc) is 3.39. The van der Waals surface area contributed by atoms with Gasteiger partial charge in [0.05, 0.1) is 17.7 Å². The number of carbonyl (C=O) groups is 5. The summed E-state index contributed by atoms with van der Waals surface area (Å²) in [5, 5.41) is 7.76. The summed E-state index contributed by atoms with van der Waals surface area (Å²) in [5.74, 6) is -0.642. The van der Waals surface area contributed by atoms with Crippen LogP contribution in [0.15, 0.2) is 12.7 Å². The van der Waals surface area contributed by atoms with E-state index in [2.05, 4.69) is 28.4 Å². The van der Waals surface area contributed by atoms with Gasteiger partial charge >= 0.3 is 6.03 Å². The van der Waals surface area contributed by atoms with Gasteiger partial charge in [0.1, 0.15) is 12.1 Å². The number of hydrogen-bond acceptors (Lipinski definition) is 6. The van der Waals surface area contributed by atoms with Crippen molar-refractivity contribution in [3.8, 4) is 12.3 Å². The topological polar surface area (TPSA) is 160 Å². The van der Waals surface area contributed by atoms with Gasteiger partial charge in [-0.05, 0) is 45.4 Å². The highest BCUT2D eigenvalue weighted by Gasteiger charge is 2.56. The second-order valence-electron chi connectivity index (χ2n) is 11.3. The van der Waals surface area contributed by atoms with Gasteiger partial charge in [-0.2, -0.15) is 0 Å². The van der Waals surface area contributed by atoms with Crippen molar-refractivity contribution in [1.29, 1.82) is 0 Å². The monoisotopic (exact) mass is 543 g/mol. The molecule has 3 fully saturated rings. The van der Waals surface area contributed by atoms with Crippen molar-refractivity contribution in [2.24, 2.45) is 17.6 Å². The Kier molecular flexibility index (Phi) is 10.1. The number of carbonyl (C=O) groups excluding carboxylic acids is 5. The average molecular weight is 544 g/mol. The minimum Gasteiger partial charge on any atom is -0.370 e. The first-order valence-corrected chi connectivity index (χ1v) is 13.7. The first-order valence-electron chi connectivity index (χ1n) is 13.7. The molecular weight excluding hydrogens is 502 g/mol. The van der Waals surface area contributed by atoms with Crippen LogP contribution in [0.4, 0.5) is 4.79 Å². The maximum Gasteiger partial charge on any atom is 0.312 e. The van der Waals surface area contributed by atoms with Gasteiger partial charge in [0, 0.05) is 25.4 Å². The first-order chi connectivity index (χ1) is 18.5. The van der Waals surface area contributed by atoms with Gasteiger partial charge in [0.2, 0.25) is 17.6 Å². The van der Waals surface area contributed by atoms with E-state index >= 15 is 0 Å². The Bertz CT molecular complexity index is 1010. The molecule has 5 amide bonds. The quantitative estimate of drug-likeness (QED) is 0.171. The number of amides is 5. The fourth-order valence-electron chi connectivity index (χ4n) is 6.18. The van der Waals surface area contributed by atoms with Crippen molar-refractivity contribution in [3.63, 3.8) is 0 Å². The molecule has 39 heavy (non-hydrogen) atoms. The van der Waals surface area contributed by atoms with Crippen LogP contribution in [0.1, 0.15) is 65.2 Å². The molecule has 1 saturated carbocycles. The minimum absolute atomic E-state index is 0.0628. The minimum atomic E-state index is -1.16. The van der Waals surface area contributed by atoms with Crippen LogP contribution in [0.25, 0.3) is 0 Å². The van der Waals surface area contributed by atoms with Crippen LogP contribution in [0.2, 0.25) is 0 Å². The predicted molar refractivity (Wildman–Crippen MR) is 144 cm³/mol. The van der Waals surface area contributed by atoms with E-state index in [4.69, 9.17) is 16.9 Å². The smallest absolute Gasteiger partial charge is 0.312 e. The molecule has 2 aliphatic heterocycles. The SMILES string of the molecule is C#CCCC(NC(=O)[C@@H]1[C@H]2CC(C)(C)O[C@H]2CN1C(=O)[C@@H](NC(N)=O)C1CCCCC1)C(=O)C(=O)NCC=C. The fourth-order valence-corrected chi connectivity index (χ4v) is 6.18. The molecule has 0 radical (unpaired) electrons. The Balaban J connectivity index is 1.88. The van der Waals surface area contributed by atoms with Crippen molar-refractivity contribution < 1.29 is 28.7 Å². The number of ketones is 1. The van der Waals surface area contributed by atoms with E-state index < -0.39 is 59.4 Å². The number of Topliss-reactive ketones (excluding diaryl/α,β-unsaturated/α-hetero) is 1. The highest BCUT2D eigenvalue weighted by atomic mass is 16.5. The molecule has 5 atom stereocenters. The number of likely N-dealkylation sites (tertiary alicyclic amines) is 1. The van der Waals surface area contributed by atoms with E-state index in [9.17, 15) is 24.0 Å². The zero-order chi connectivity index (χ0) is 28.7. The predicted octanol–water partition coefficient (Wildman–Crippen LogP) is 0.768. The van der Waals surface area contributed by atoms with Gasteiger partial charge in [-0.1, -0.05) is 25.3 Å². The van der Waals surface area contributed by atoms with Gasteiger partial charge in [-0.3, -0.25) is 19.2 Å². The molecule has 3 rings (SSSR count). The third-order valence-electron chi connectivity index (χ3n) is 7.87. The van der Waals surface area contributed by atoms with Crippen LogP contribution in [0.5, 0.6) is 0 Å². The van der Waals surface area contributed by atoms with Crippen LogP contribution >= 0.6 is 0 Å². The summed E-state index contributed by atoms with van der Waals surface area (Å²) in [6.45, 7) is 7.62. The first kappa shape index (κ1) is 30.2. The Morgan fingerprint density at radius 3 is 2.49 bits per heavy atom. The van der Waals surface area contributed by atoms with Crippen LogP contribution < -0.4 is 21.7 Å². The second-order valence-corrected chi connectivity index (χ2v) is 11.3. The molecule has 2 saturated heterocycles. The lowest BCUT2D eigenvalue weighted by molar-refractivity contribution is -0.144. The van der Waals surface area contributed by atoms with Gasteiger partial charge in [0.25, 0.3) is 5.91 Å². The van der Waals surface area contributed by atoms with Crippen LogP contribution in [0, 0.1) is 24.2 Å². The number of nitrogens with two attached hydrogens (primary N) is 1. The summed E-state index contributed by atoms with van der Waals surface area (Å²) in [4.78, 5) is 66.4. The molecule has 3 aliphatic rings. The third-order valence-corrected chi connectivity index (χ3v) is 7.87. The summed E-state index contributed by atoms with van der Waals surface area (Å²) < 4.78 is 6.19. The van der Waals surface area contributed by atoms with E-state index in [-0.39, 0.29) is 37.8 Å². The Hall–Kier alpha value is -3.39. The molecule has 0 spiro atoms. The van der Waals surface area contributed by atoms with Crippen molar-refractivity contribution in [3.05, 3.63) is 12.7 Å². The van der Waals surface area contributed by atoms with Gasteiger partial charge < -0.3 is 31.3 Å². The van der Waals surface area contributed by atoms with Crippen LogP contribution in [0.3, 0.4) is 0 Å². The summed E-state index contributed by atoms with van der Waals surface area (Å²) in [5.41, 5.74) is 4.95. The zero-order valence-corrected chi connectivity index (χ0v) is 22.9. The molecule has 11 nitrogen and oxygen atoms in total. The molecule has 11 heteroatoms. The molecule has 0 aromatic carbocycles. The molecular formula is C28H41N5O6. The molecule has 1 unspecified atom stereocenters. The summed E-state index contributed by atoms with van der Waals surface area (Å²) in [6.07, 6.45) is 11.6. The number of fused-ring (bicyclic) bond motifs is 1. The number of nitrogens with one attached hydrogen (secondary N) is 3. The Morgan fingerprint density at radius 1 is 1.18 bits per heavy atom. The molecule has 2 heterocycles.